The maximum Gasteiger partial charge on any atom is 0.166 e. The summed E-state index contributed by atoms with van der Waals surface area (Å²) in [6.45, 7) is 0. The Labute approximate surface area is 91.9 Å². The molecule has 0 bridgehead atoms. The van der Waals surface area contributed by atoms with E-state index in [0.29, 0.717) is 0 Å². The number of carbonyl (C=O) groups excluding carboxylic acids is 1. The van der Waals surface area contributed by atoms with Crippen LogP contribution in [0.1, 0.15) is 18.4 Å². The minimum atomic E-state index is -1.07. The highest BCUT2D eigenvalue weighted by molar-refractivity contribution is 5.85. The average molecular weight is 226 g/mol. The minimum absolute atomic E-state index is 0.0117. The Kier molecular flexibility index (Phi) is 3.01. The molecule has 1 aromatic rings. The maximum atomic E-state index is 13.2. The number of aliphatic hydroxyl groups excluding tert-OH is 1. The van der Waals surface area contributed by atoms with Crippen molar-refractivity contribution in [2.24, 2.45) is 5.92 Å². The van der Waals surface area contributed by atoms with E-state index in [1.54, 1.807) is 0 Å². The summed E-state index contributed by atoms with van der Waals surface area (Å²) in [5, 5.41) is 9.51. The van der Waals surface area contributed by atoms with E-state index in [-0.39, 0.29) is 17.9 Å². The molecule has 0 spiro atoms. The summed E-state index contributed by atoms with van der Waals surface area (Å²) in [7, 11) is 0. The van der Waals surface area contributed by atoms with E-state index in [2.05, 4.69) is 0 Å². The number of hydrogen-bond donors (Lipinski definition) is 1. The van der Waals surface area contributed by atoms with Crippen molar-refractivity contribution in [3.8, 4) is 0 Å². The highest BCUT2D eigenvalue weighted by Crippen LogP contribution is 2.33. The van der Waals surface area contributed by atoms with E-state index in [4.69, 9.17) is 0 Å². The fourth-order valence-corrected chi connectivity index (χ4v) is 1.65. The van der Waals surface area contributed by atoms with Crippen LogP contribution in [0.5, 0.6) is 0 Å². The lowest BCUT2D eigenvalue weighted by Gasteiger charge is -2.09. The molecule has 4 heteroatoms. The van der Waals surface area contributed by atoms with Crippen LogP contribution in [0.3, 0.4) is 0 Å². The minimum Gasteiger partial charge on any atom is -0.385 e. The van der Waals surface area contributed by atoms with Crippen molar-refractivity contribution in [2.45, 2.75) is 25.4 Å². The molecular formula is C12H12F2O2. The van der Waals surface area contributed by atoms with Gasteiger partial charge in [0.2, 0.25) is 0 Å². The molecule has 2 nitrogen and oxygen atoms in total. The fraction of sp³-hybridized carbons (Fsp3) is 0.417. The molecule has 0 aliphatic heterocycles. The van der Waals surface area contributed by atoms with Gasteiger partial charge < -0.3 is 5.11 Å². The lowest BCUT2D eigenvalue weighted by molar-refractivity contribution is -0.127. The predicted molar refractivity (Wildman–Crippen MR) is 53.8 cm³/mol. The van der Waals surface area contributed by atoms with Crippen molar-refractivity contribution in [1.82, 2.24) is 0 Å². The number of rotatable bonds is 4. The van der Waals surface area contributed by atoms with E-state index in [0.717, 1.165) is 25.0 Å². The molecular weight excluding hydrogens is 214 g/mol. The summed E-state index contributed by atoms with van der Waals surface area (Å²) in [4.78, 5) is 11.5. The molecule has 1 unspecified atom stereocenters. The van der Waals surface area contributed by atoms with Gasteiger partial charge in [-0.15, -0.1) is 0 Å². The molecule has 0 aromatic heterocycles. The van der Waals surface area contributed by atoms with Crippen LogP contribution in [0.25, 0.3) is 0 Å². The fourth-order valence-electron chi connectivity index (χ4n) is 1.65. The van der Waals surface area contributed by atoms with Crippen LogP contribution in [0.15, 0.2) is 18.2 Å². The molecule has 1 aliphatic rings. The lowest BCUT2D eigenvalue weighted by atomic mass is 10.0. The van der Waals surface area contributed by atoms with E-state index in [1.165, 1.54) is 6.07 Å². The van der Waals surface area contributed by atoms with Crippen molar-refractivity contribution < 1.29 is 18.7 Å². The molecule has 16 heavy (non-hydrogen) atoms. The zero-order valence-electron chi connectivity index (χ0n) is 8.62. The summed E-state index contributed by atoms with van der Waals surface area (Å²) in [5.41, 5.74) is -0.257. The molecule has 0 radical (unpaired) electrons. The smallest absolute Gasteiger partial charge is 0.166 e. The third-order valence-electron chi connectivity index (χ3n) is 2.81. The second kappa shape index (κ2) is 4.29. The molecule has 1 aliphatic carbocycles. The number of ketones is 1. The molecule has 1 atom stereocenters. The zero-order valence-corrected chi connectivity index (χ0v) is 8.62. The first-order valence-corrected chi connectivity index (χ1v) is 5.23. The Morgan fingerprint density at radius 3 is 2.44 bits per heavy atom. The van der Waals surface area contributed by atoms with Crippen molar-refractivity contribution in [1.29, 1.82) is 0 Å². The SMILES string of the molecule is O=C(Cc1c(F)cccc1F)C(O)C1CC1. The molecule has 1 saturated carbocycles. The van der Waals surface area contributed by atoms with Crippen LogP contribution in [0, 0.1) is 17.6 Å². The van der Waals surface area contributed by atoms with Gasteiger partial charge in [0, 0.05) is 12.0 Å². The average Bonchev–Trinajstić information content (AvgIpc) is 3.06. The van der Waals surface area contributed by atoms with Crippen LogP contribution < -0.4 is 0 Å². The van der Waals surface area contributed by atoms with E-state index in [1.807, 2.05) is 0 Å². The van der Waals surface area contributed by atoms with E-state index >= 15 is 0 Å². The molecule has 1 aromatic carbocycles. The van der Waals surface area contributed by atoms with Crippen LogP contribution >= 0.6 is 0 Å². The van der Waals surface area contributed by atoms with Gasteiger partial charge in [-0.3, -0.25) is 4.79 Å². The number of hydrogen-bond acceptors (Lipinski definition) is 2. The van der Waals surface area contributed by atoms with Gasteiger partial charge in [0.1, 0.15) is 17.7 Å². The highest BCUT2D eigenvalue weighted by Gasteiger charge is 2.34. The summed E-state index contributed by atoms with van der Waals surface area (Å²) >= 11 is 0. The Balaban J connectivity index is 2.10. The van der Waals surface area contributed by atoms with Crippen LogP contribution in [0.4, 0.5) is 8.78 Å². The summed E-state index contributed by atoms with van der Waals surface area (Å²) < 4.78 is 26.4. The standard InChI is InChI=1S/C12H12F2O2/c13-9-2-1-3-10(14)8(9)6-11(15)12(16)7-4-5-7/h1-3,7,12,16H,4-6H2. The van der Waals surface area contributed by atoms with Gasteiger partial charge in [0.15, 0.2) is 5.78 Å². The van der Waals surface area contributed by atoms with Gasteiger partial charge in [-0.2, -0.15) is 0 Å². The van der Waals surface area contributed by atoms with Gasteiger partial charge in [0.05, 0.1) is 0 Å². The highest BCUT2D eigenvalue weighted by atomic mass is 19.1. The second-order valence-corrected chi connectivity index (χ2v) is 4.13. The van der Waals surface area contributed by atoms with Crippen molar-refractivity contribution in [2.75, 3.05) is 0 Å². The van der Waals surface area contributed by atoms with Gasteiger partial charge in [0.25, 0.3) is 0 Å². The third-order valence-corrected chi connectivity index (χ3v) is 2.81. The molecule has 1 fully saturated rings. The van der Waals surface area contributed by atoms with Gasteiger partial charge in [-0.05, 0) is 30.9 Å². The Morgan fingerprint density at radius 2 is 1.94 bits per heavy atom. The van der Waals surface area contributed by atoms with Crippen LogP contribution in [0.2, 0.25) is 0 Å². The Morgan fingerprint density at radius 1 is 1.38 bits per heavy atom. The molecule has 0 amide bonds. The molecule has 0 heterocycles. The zero-order chi connectivity index (χ0) is 11.7. The van der Waals surface area contributed by atoms with Crippen molar-refractivity contribution in [3.05, 3.63) is 35.4 Å². The predicted octanol–water partition coefficient (Wildman–Crippen LogP) is 1.85. The largest absolute Gasteiger partial charge is 0.385 e. The normalized spacial score (nSPS) is 17.2. The Hall–Kier alpha value is -1.29. The number of carbonyl (C=O) groups is 1. The number of halogens is 2. The number of aliphatic hydroxyl groups is 1. The quantitative estimate of drug-likeness (QED) is 0.850. The van der Waals surface area contributed by atoms with Crippen LogP contribution in [-0.4, -0.2) is 17.0 Å². The first-order chi connectivity index (χ1) is 7.59. The van der Waals surface area contributed by atoms with E-state index < -0.39 is 23.5 Å². The van der Waals surface area contributed by atoms with Crippen molar-refractivity contribution in [3.63, 3.8) is 0 Å². The number of benzene rings is 1. The first kappa shape index (κ1) is 11.2. The monoisotopic (exact) mass is 226 g/mol. The second-order valence-electron chi connectivity index (χ2n) is 4.13. The summed E-state index contributed by atoms with van der Waals surface area (Å²) in [5.74, 6) is -2.00. The lowest BCUT2D eigenvalue weighted by Crippen LogP contribution is -2.25. The molecule has 0 saturated heterocycles. The third kappa shape index (κ3) is 2.27. The molecule has 2 rings (SSSR count). The van der Waals surface area contributed by atoms with E-state index in [9.17, 15) is 18.7 Å². The Bertz CT molecular complexity index is 393. The van der Waals surface area contributed by atoms with Crippen LogP contribution in [-0.2, 0) is 11.2 Å². The van der Waals surface area contributed by atoms with Gasteiger partial charge in [-0.1, -0.05) is 6.07 Å². The topological polar surface area (TPSA) is 37.3 Å². The van der Waals surface area contributed by atoms with Gasteiger partial charge in [-0.25, -0.2) is 8.78 Å². The summed E-state index contributed by atoms with van der Waals surface area (Å²) in [6.07, 6.45) is 0.175. The molecule has 1 N–H and O–H groups in total. The van der Waals surface area contributed by atoms with Crippen molar-refractivity contribution >= 4 is 5.78 Å². The molecule has 86 valence electrons. The maximum absolute atomic E-state index is 13.2. The van der Waals surface area contributed by atoms with Gasteiger partial charge >= 0.3 is 0 Å². The summed E-state index contributed by atoms with van der Waals surface area (Å²) in [6, 6.07) is 3.46. The number of Topliss-reactive ketones (excluding diaryl/α,β-unsaturated/α-hetero) is 1. The first-order valence-electron chi connectivity index (χ1n) is 5.23.